The van der Waals surface area contributed by atoms with E-state index >= 15 is 0 Å². The highest BCUT2D eigenvalue weighted by molar-refractivity contribution is 7.20. The van der Waals surface area contributed by atoms with E-state index in [-0.39, 0.29) is 0 Å². The number of rotatable bonds is 8. The Kier molecular flexibility index (Phi) is 9.68. The third-order valence-electron chi connectivity index (χ3n) is 13.9. The second-order valence-corrected chi connectivity index (χ2v) is 21.7. The molecule has 0 saturated carbocycles. The molecule has 0 N–H and O–H groups in total. The standard InChI is InChI=1S/C63H40N8Si/c1-5-21-41(22-6-1)57-65-58(42-23-7-2-8-24-42)68-61(67-57)51-39-47(37-45-29-13-15-31-49(45)51)72(56-36-20-19-35-55(56)71-54-34-18-17-33-53(54)64-63(71)72)48-38-46-30-14-16-32-50(46)52(40-48)62-69-59(43-25-9-3-10-26-43)66-60(70-62)44-27-11-4-12-28-44/h1-40H. The fraction of sp³-hybridized carbons (Fsp3) is 0. The minimum atomic E-state index is -3.47. The van der Waals surface area contributed by atoms with Crippen molar-refractivity contribution in [2.45, 2.75) is 0 Å². The monoisotopic (exact) mass is 936 g/mol. The molecule has 0 radical (unpaired) electrons. The van der Waals surface area contributed by atoms with E-state index in [9.17, 15) is 0 Å². The van der Waals surface area contributed by atoms with Crippen LogP contribution >= 0.6 is 0 Å². The van der Waals surface area contributed by atoms with Crippen molar-refractivity contribution < 1.29 is 0 Å². The third kappa shape index (κ3) is 6.70. The molecule has 0 amide bonds. The highest BCUT2D eigenvalue weighted by Gasteiger charge is 2.52. The van der Waals surface area contributed by atoms with Crippen LogP contribution in [-0.2, 0) is 0 Å². The molecule has 1 aliphatic heterocycles. The first-order chi connectivity index (χ1) is 35.7. The maximum Gasteiger partial charge on any atom is 0.226 e. The maximum atomic E-state index is 5.74. The van der Waals surface area contributed by atoms with Gasteiger partial charge < -0.3 is 0 Å². The summed E-state index contributed by atoms with van der Waals surface area (Å²) < 4.78 is 2.41. The van der Waals surface area contributed by atoms with Gasteiger partial charge in [0, 0.05) is 39.1 Å². The van der Waals surface area contributed by atoms with Gasteiger partial charge in [0.2, 0.25) is 8.07 Å². The number of aromatic nitrogens is 8. The van der Waals surface area contributed by atoms with Crippen LogP contribution in [0.5, 0.6) is 0 Å². The second-order valence-electron chi connectivity index (χ2n) is 18.1. The van der Waals surface area contributed by atoms with E-state index in [1.807, 2.05) is 72.8 Å². The lowest BCUT2D eigenvalue weighted by Crippen LogP contribution is -2.73. The Morgan fingerprint density at radius 3 is 1.15 bits per heavy atom. The summed E-state index contributed by atoms with van der Waals surface area (Å²) in [6.07, 6.45) is 0. The fourth-order valence-corrected chi connectivity index (χ4v) is 15.6. The minimum Gasteiger partial charge on any atom is -0.299 e. The summed E-state index contributed by atoms with van der Waals surface area (Å²) >= 11 is 0. The van der Waals surface area contributed by atoms with Crippen molar-refractivity contribution in [3.63, 3.8) is 0 Å². The maximum absolute atomic E-state index is 5.74. The molecule has 0 aliphatic carbocycles. The molecule has 336 valence electrons. The van der Waals surface area contributed by atoms with Crippen molar-refractivity contribution in [1.82, 2.24) is 39.5 Å². The van der Waals surface area contributed by atoms with Crippen molar-refractivity contribution in [3.8, 4) is 74.0 Å². The van der Waals surface area contributed by atoms with Gasteiger partial charge >= 0.3 is 0 Å². The van der Waals surface area contributed by atoms with Crippen molar-refractivity contribution in [1.29, 1.82) is 0 Å². The van der Waals surface area contributed by atoms with Gasteiger partial charge in [-0.1, -0.05) is 224 Å². The first-order valence-corrected chi connectivity index (χ1v) is 26.1. The molecule has 0 spiro atoms. The van der Waals surface area contributed by atoms with Crippen LogP contribution in [0.15, 0.2) is 243 Å². The van der Waals surface area contributed by atoms with E-state index in [4.69, 9.17) is 34.9 Å². The number of hydrogen-bond acceptors (Lipinski definition) is 7. The summed E-state index contributed by atoms with van der Waals surface area (Å²) in [5, 5.41) is 7.76. The first-order valence-electron chi connectivity index (χ1n) is 24.1. The molecule has 1 aliphatic rings. The minimum absolute atomic E-state index is 0.593. The van der Waals surface area contributed by atoms with Crippen LogP contribution in [0.4, 0.5) is 0 Å². The van der Waals surface area contributed by atoms with E-state index in [0.717, 1.165) is 87.5 Å². The Balaban J connectivity index is 1.10. The summed E-state index contributed by atoms with van der Waals surface area (Å²) in [5.41, 5.74) is 9.62. The van der Waals surface area contributed by atoms with Gasteiger partial charge in [-0.15, -0.1) is 0 Å². The average Bonchev–Trinajstić information content (AvgIpc) is 3.99. The van der Waals surface area contributed by atoms with E-state index in [0.29, 0.717) is 34.9 Å². The molecule has 13 aromatic rings. The highest BCUT2D eigenvalue weighted by Crippen LogP contribution is 2.35. The number of benzene rings is 10. The first kappa shape index (κ1) is 41.4. The lowest BCUT2D eigenvalue weighted by atomic mass is 10.0. The zero-order valence-electron chi connectivity index (χ0n) is 38.7. The molecule has 9 heteroatoms. The molecule has 72 heavy (non-hydrogen) atoms. The number of hydrogen-bond donors (Lipinski definition) is 0. The van der Waals surface area contributed by atoms with Crippen LogP contribution < -0.4 is 21.0 Å². The largest absolute Gasteiger partial charge is 0.299 e. The van der Waals surface area contributed by atoms with Crippen LogP contribution in [0.2, 0.25) is 0 Å². The van der Waals surface area contributed by atoms with Crippen molar-refractivity contribution in [2.75, 3.05) is 0 Å². The Labute approximate surface area is 415 Å². The molecule has 14 rings (SSSR count). The van der Waals surface area contributed by atoms with Gasteiger partial charge in [0.1, 0.15) is 5.45 Å². The molecular weight excluding hydrogens is 897 g/mol. The molecule has 0 fully saturated rings. The van der Waals surface area contributed by atoms with Gasteiger partial charge in [-0.2, -0.15) is 0 Å². The Hall–Kier alpha value is -9.57. The van der Waals surface area contributed by atoms with E-state index in [2.05, 4.69) is 174 Å². The van der Waals surface area contributed by atoms with Crippen LogP contribution in [0.1, 0.15) is 0 Å². The quantitative estimate of drug-likeness (QED) is 0.140. The SMILES string of the molecule is c1ccc(-c2nc(-c3ccccc3)nc(-c3cc([Si]4(c5cc(-c6nc(-c7ccccc7)nc(-c7ccccc7)n6)c6ccccc6c5)c5ccccc5-n5c4nc4ccccc45)cc4ccccc34)n2)cc1. The molecule has 4 heterocycles. The third-order valence-corrected chi connectivity index (χ3v) is 18.5. The number of fused-ring (bicyclic) bond motifs is 7. The predicted molar refractivity (Wildman–Crippen MR) is 293 cm³/mol. The lowest BCUT2D eigenvalue weighted by molar-refractivity contribution is 1.08. The Morgan fingerprint density at radius 2 is 0.681 bits per heavy atom. The van der Waals surface area contributed by atoms with Gasteiger partial charge in [-0.05, 0) is 55.3 Å². The normalized spacial score (nSPS) is 12.6. The van der Waals surface area contributed by atoms with E-state index in [1.165, 1.54) is 5.19 Å². The average molecular weight is 937 g/mol. The zero-order valence-corrected chi connectivity index (χ0v) is 39.7. The van der Waals surface area contributed by atoms with Gasteiger partial charge in [0.15, 0.2) is 34.9 Å². The van der Waals surface area contributed by atoms with Gasteiger partial charge in [-0.25, -0.2) is 34.9 Å². The number of para-hydroxylation sites is 3. The molecular formula is C63H40N8Si. The van der Waals surface area contributed by atoms with Crippen LogP contribution in [-0.4, -0.2) is 47.5 Å². The zero-order chi connectivity index (χ0) is 47.6. The fourth-order valence-electron chi connectivity index (χ4n) is 10.6. The van der Waals surface area contributed by atoms with E-state index in [1.54, 1.807) is 0 Å². The molecule has 10 aromatic carbocycles. The van der Waals surface area contributed by atoms with Gasteiger partial charge in [0.25, 0.3) is 0 Å². The van der Waals surface area contributed by atoms with Crippen LogP contribution in [0, 0.1) is 0 Å². The number of nitrogens with zero attached hydrogens (tertiary/aromatic N) is 8. The molecule has 0 saturated heterocycles. The molecule has 0 bridgehead atoms. The van der Waals surface area contributed by atoms with Crippen LogP contribution in [0.3, 0.4) is 0 Å². The Morgan fingerprint density at radius 1 is 0.306 bits per heavy atom. The topological polar surface area (TPSA) is 95.2 Å². The molecule has 0 atom stereocenters. The lowest BCUT2D eigenvalue weighted by Gasteiger charge is -2.30. The van der Waals surface area contributed by atoms with Crippen molar-refractivity contribution in [2.24, 2.45) is 0 Å². The van der Waals surface area contributed by atoms with Crippen molar-refractivity contribution >= 4 is 61.7 Å². The summed E-state index contributed by atoms with van der Waals surface area (Å²) in [6, 6.07) is 84.8. The molecule has 0 unspecified atom stereocenters. The van der Waals surface area contributed by atoms with Gasteiger partial charge in [-0.3, -0.25) is 4.57 Å². The van der Waals surface area contributed by atoms with Crippen LogP contribution in [0.25, 0.3) is 107 Å². The number of imidazole rings is 1. The Bertz CT molecular complexity index is 3900. The second kappa shape index (κ2) is 16.8. The summed E-state index contributed by atoms with van der Waals surface area (Å²) in [7, 11) is -3.47. The predicted octanol–water partition coefficient (Wildman–Crippen LogP) is 11.4. The molecule has 8 nitrogen and oxygen atoms in total. The summed E-state index contributed by atoms with van der Waals surface area (Å²) in [4.78, 5) is 37.3. The highest BCUT2D eigenvalue weighted by atomic mass is 28.3. The smallest absolute Gasteiger partial charge is 0.226 e. The summed E-state index contributed by atoms with van der Waals surface area (Å²) in [5.74, 6) is 3.61. The molecule has 3 aromatic heterocycles. The summed E-state index contributed by atoms with van der Waals surface area (Å²) in [6.45, 7) is 0. The van der Waals surface area contributed by atoms with Crippen molar-refractivity contribution in [3.05, 3.63) is 243 Å². The van der Waals surface area contributed by atoms with E-state index < -0.39 is 8.07 Å². The van der Waals surface area contributed by atoms with Gasteiger partial charge in [0.05, 0.1) is 11.0 Å².